The van der Waals surface area contributed by atoms with Gasteiger partial charge in [0.1, 0.15) is 0 Å². The molecule has 0 spiro atoms. The van der Waals surface area contributed by atoms with Crippen LogP contribution in [-0.2, 0) is 26.2 Å². The predicted octanol–water partition coefficient (Wildman–Crippen LogP) is -2.03. The van der Waals surface area contributed by atoms with Crippen molar-refractivity contribution in [2.24, 2.45) is 0 Å². The Morgan fingerprint density at radius 1 is 0.706 bits per heavy atom. The van der Waals surface area contributed by atoms with Crippen molar-refractivity contribution in [2.45, 2.75) is 0 Å². The summed E-state index contributed by atoms with van der Waals surface area (Å²) in [4.78, 5) is 0. The van der Waals surface area contributed by atoms with Gasteiger partial charge in [-0.05, 0) is 0 Å². The van der Waals surface area contributed by atoms with Crippen LogP contribution in [0.2, 0.25) is 0 Å². The molecule has 0 fully saturated rings. The molecule has 3 aromatic carbocycles. The summed E-state index contributed by atoms with van der Waals surface area (Å²) in [5.41, 5.74) is 0. The third-order valence-electron chi connectivity index (χ3n) is 2.10. The van der Waals surface area contributed by atoms with Crippen molar-refractivity contribution in [1.29, 1.82) is 0 Å². The second-order valence-corrected chi connectivity index (χ2v) is 3.12. The van der Waals surface area contributed by atoms with Gasteiger partial charge in [0.25, 0.3) is 0 Å². The van der Waals surface area contributed by atoms with Crippen LogP contribution in [0.5, 0.6) is 0 Å². The molecule has 3 rings (SSSR count). The van der Waals surface area contributed by atoms with Gasteiger partial charge in [0, 0.05) is 0 Å². The van der Waals surface area contributed by atoms with E-state index in [0.29, 0.717) is 0 Å². The summed E-state index contributed by atoms with van der Waals surface area (Å²) in [5.74, 6) is 0. The summed E-state index contributed by atoms with van der Waals surface area (Å²) in [6, 6.07) is 24.7. The van der Waals surface area contributed by atoms with Crippen LogP contribution in [0.15, 0.2) is 72.8 Å². The molecule has 0 aliphatic heterocycles. The van der Waals surface area contributed by atoms with Gasteiger partial charge >= 0.3 is 26.2 Å². The van der Waals surface area contributed by atoms with Crippen LogP contribution in [0.3, 0.4) is 0 Å². The molecule has 0 unspecified atom stereocenters. The van der Waals surface area contributed by atoms with Gasteiger partial charge in [-0.1, -0.05) is 6.07 Å². The molecule has 0 nitrogen and oxygen atoms in total. The number of hydrogen-bond acceptors (Lipinski definition) is 0. The Bertz CT molecular complexity index is 424. The van der Waals surface area contributed by atoms with Gasteiger partial charge in [0.15, 0.2) is 0 Å². The quantitative estimate of drug-likeness (QED) is 0.235. The van der Waals surface area contributed by atoms with Crippen LogP contribution in [-0.4, -0.2) is 0 Å². The van der Waals surface area contributed by atoms with Gasteiger partial charge in [-0.3, -0.25) is 0 Å². The van der Waals surface area contributed by atoms with Crippen LogP contribution in [0.25, 0.3) is 10.8 Å². The fourth-order valence-corrected chi connectivity index (χ4v) is 1.39. The van der Waals surface area contributed by atoms with Crippen LogP contribution in [0.1, 0.15) is 0 Å². The summed E-state index contributed by atoms with van der Waals surface area (Å²) in [5, 5.41) is 2.66. The van der Waals surface area contributed by atoms with E-state index in [9.17, 15) is 0 Å². The van der Waals surface area contributed by atoms with Crippen LogP contribution in [0.4, 0.5) is 0 Å². The van der Waals surface area contributed by atoms with E-state index >= 15 is 0 Å². The Kier molecular flexibility index (Phi) is 13.6. The molecule has 0 atom stereocenters. The molecule has 0 amide bonds. The van der Waals surface area contributed by atoms with Crippen molar-refractivity contribution in [1.82, 2.24) is 0 Å². The van der Waals surface area contributed by atoms with Crippen molar-refractivity contribution in [2.75, 3.05) is 0 Å². The van der Waals surface area contributed by atoms with E-state index in [-0.39, 0.29) is 74.2 Å². The van der Waals surface area contributed by atoms with Crippen molar-refractivity contribution >= 4 is 10.8 Å². The van der Waals surface area contributed by atoms with Crippen LogP contribution < -0.4 is 48.0 Å². The zero-order chi connectivity index (χ0) is 9.64. The predicted molar refractivity (Wildman–Crippen MR) is 61.6 cm³/mol. The Hall–Kier alpha value is 0.523. The van der Waals surface area contributed by atoms with Gasteiger partial charge in [0.05, 0.1) is 0 Å². The molecular formula is C14H12I2Zr. The molecule has 0 aliphatic rings. The van der Waals surface area contributed by atoms with E-state index in [2.05, 4.69) is 42.5 Å². The van der Waals surface area contributed by atoms with Gasteiger partial charge < -0.3 is 48.0 Å². The smallest absolute Gasteiger partial charge is 1.00 e. The third kappa shape index (κ3) is 6.87. The van der Waals surface area contributed by atoms with E-state index in [1.807, 2.05) is 30.3 Å². The molecule has 86 valence electrons. The number of fused-ring (bicyclic) bond motifs is 1. The molecule has 3 heteroatoms. The van der Waals surface area contributed by atoms with Crippen LogP contribution in [0, 0.1) is 0 Å². The summed E-state index contributed by atoms with van der Waals surface area (Å²) in [6.07, 6.45) is 0. The average molecular weight is 525 g/mol. The minimum atomic E-state index is 0. The maximum Gasteiger partial charge on any atom is 4.00 e. The van der Waals surface area contributed by atoms with E-state index < -0.39 is 0 Å². The van der Waals surface area contributed by atoms with Gasteiger partial charge in [-0.15, -0.1) is 29.7 Å². The van der Waals surface area contributed by atoms with E-state index in [1.165, 1.54) is 10.8 Å². The number of hydrogen-bond donors (Lipinski definition) is 0. The zero-order valence-corrected chi connectivity index (χ0v) is 16.0. The van der Waals surface area contributed by atoms with Gasteiger partial charge in [-0.25, -0.2) is 12.1 Å². The van der Waals surface area contributed by atoms with Crippen LogP contribution >= 0.6 is 0 Å². The summed E-state index contributed by atoms with van der Waals surface area (Å²) in [7, 11) is 0. The monoisotopic (exact) mass is 524 g/mol. The standard InChI is InChI=1S/C9H7.C5H5.2HI.Zr/c1-2-5-9-7-3-6-8(9)4-1;1-2-4-5-3-1;;;/h1-7H;1-5H;2*1H;/q2*-1;;;+4/p-2. The molecule has 3 aromatic rings. The Morgan fingerprint density at radius 2 is 1.35 bits per heavy atom. The first-order valence-electron chi connectivity index (χ1n) is 4.74. The Morgan fingerprint density at radius 3 is 1.88 bits per heavy atom. The second-order valence-electron chi connectivity index (χ2n) is 3.12. The Balaban J connectivity index is 0. The van der Waals surface area contributed by atoms with Crippen molar-refractivity contribution in [3.63, 3.8) is 0 Å². The maximum absolute atomic E-state index is 2.12. The van der Waals surface area contributed by atoms with Crippen molar-refractivity contribution < 1.29 is 74.2 Å². The van der Waals surface area contributed by atoms with E-state index in [4.69, 9.17) is 0 Å². The van der Waals surface area contributed by atoms with Gasteiger partial charge in [-0.2, -0.15) is 35.7 Å². The fourth-order valence-electron chi connectivity index (χ4n) is 1.39. The zero-order valence-electron chi connectivity index (χ0n) is 9.18. The second kappa shape index (κ2) is 11.6. The topological polar surface area (TPSA) is 0 Å². The summed E-state index contributed by atoms with van der Waals surface area (Å²) < 4.78 is 0. The fraction of sp³-hybridized carbons (Fsp3) is 0. The van der Waals surface area contributed by atoms with Crippen molar-refractivity contribution in [3.8, 4) is 0 Å². The number of halogens is 2. The molecule has 0 N–H and O–H groups in total. The number of rotatable bonds is 0. The molecule has 0 saturated heterocycles. The first-order valence-corrected chi connectivity index (χ1v) is 4.74. The molecule has 0 saturated carbocycles. The SMILES string of the molecule is [I-].[I-].[Zr+4].c1cc[cH-]c1.c1ccc2[cH-]ccc2c1. The van der Waals surface area contributed by atoms with E-state index in [1.54, 1.807) is 0 Å². The maximum atomic E-state index is 2.12. The Labute approximate surface area is 156 Å². The van der Waals surface area contributed by atoms with Gasteiger partial charge in [0.2, 0.25) is 0 Å². The minimum Gasteiger partial charge on any atom is -1.00 e. The first-order chi connectivity index (χ1) is 6.97. The normalized spacial score (nSPS) is 7.76. The molecule has 0 aromatic heterocycles. The molecule has 0 radical (unpaired) electrons. The number of benzene rings is 1. The largest absolute Gasteiger partial charge is 4.00 e. The molecule has 0 aliphatic carbocycles. The molecule has 0 bridgehead atoms. The van der Waals surface area contributed by atoms with E-state index in [0.717, 1.165) is 0 Å². The summed E-state index contributed by atoms with van der Waals surface area (Å²) >= 11 is 0. The molecule has 0 heterocycles. The minimum absolute atomic E-state index is 0. The third-order valence-corrected chi connectivity index (χ3v) is 2.10. The molecular weight excluding hydrogens is 513 g/mol. The molecule has 17 heavy (non-hydrogen) atoms. The van der Waals surface area contributed by atoms with Crippen molar-refractivity contribution in [3.05, 3.63) is 72.8 Å². The summed E-state index contributed by atoms with van der Waals surface area (Å²) in [6.45, 7) is 0. The average Bonchev–Trinajstić information content (AvgIpc) is 2.92. The first kappa shape index (κ1) is 19.9.